The molecule has 0 radical (unpaired) electrons. The van der Waals surface area contributed by atoms with Crippen molar-refractivity contribution in [2.45, 2.75) is 32.7 Å². The van der Waals surface area contributed by atoms with E-state index in [2.05, 4.69) is 9.88 Å². The minimum atomic E-state index is -0.202. The van der Waals surface area contributed by atoms with E-state index in [1.54, 1.807) is 13.1 Å². The second kappa shape index (κ2) is 8.48. The van der Waals surface area contributed by atoms with Crippen LogP contribution >= 0.6 is 0 Å². The van der Waals surface area contributed by atoms with Crippen LogP contribution < -0.4 is 0 Å². The maximum absolute atomic E-state index is 11.8. The fourth-order valence-electron chi connectivity index (χ4n) is 2.53. The number of likely N-dealkylation sites (tertiary alicyclic amines) is 1. The van der Waals surface area contributed by atoms with Crippen LogP contribution in [0.15, 0.2) is 24.5 Å². The number of esters is 1. The Morgan fingerprint density at radius 1 is 1.50 bits per heavy atom. The third-order valence-corrected chi connectivity index (χ3v) is 3.61. The van der Waals surface area contributed by atoms with E-state index in [1.165, 1.54) is 0 Å². The lowest BCUT2D eigenvalue weighted by atomic mass is 10.2. The Morgan fingerprint density at radius 2 is 2.36 bits per heavy atom. The Balaban J connectivity index is 1.93. The van der Waals surface area contributed by atoms with Gasteiger partial charge in [-0.2, -0.15) is 0 Å². The zero-order chi connectivity index (χ0) is 15.8. The molecule has 1 saturated heterocycles. The molecule has 6 heteroatoms. The average molecular weight is 305 g/mol. The summed E-state index contributed by atoms with van der Waals surface area (Å²) in [7, 11) is 0. The molecule has 22 heavy (non-hydrogen) atoms. The van der Waals surface area contributed by atoms with Crippen molar-refractivity contribution in [3.8, 4) is 0 Å². The van der Waals surface area contributed by atoms with Gasteiger partial charge in [0.15, 0.2) is 0 Å². The smallest absolute Gasteiger partial charge is 0.307 e. The molecule has 1 aliphatic heterocycles. The van der Waals surface area contributed by atoms with E-state index in [1.807, 2.05) is 23.2 Å². The van der Waals surface area contributed by atoms with Crippen molar-refractivity contribution in [1.29, 1.82) is 0 Å². The zero-order valence-corrected chi connectivity index (χ0v) is 13.0. The van der Waals surface area contributed by atoms with Gasteiger partial charge in [0, 0.05) is 38.4 Å². The van der Waals surface area contributed by atoms with Gasteiger partial charge in [0.25, 0.3) is 0 Å². The first-order valence-electron chi connectivity index (χ1n) is 7.73. The number of carbonyl (C=O) groups excluding carboxylic acids is 2. The quantitative estimate of drug-likeness (QED) is 0.680. The summed E-state index contributed by atoms with van der Waals surface area (Å²) < 4.78 is 4.98. The van der Waals surface area contributed by atoms with Gasteiger partial charge in [-0.3, -0.25) is 19.5 Å². The van der Waals surface area contributed by atoms with Gasteiger partial charge in [-0.15, -0.1) is 0 Å². The number of nitrogens with zero attached hydrogens (tertiary/aromatic N) is 3. The van der Waals surface area contributed by atoms with Crippen LogP contribution in [0.4, 0.5) is 0 Å². The molecule has 1 amide bonds. The minimum absolute atomic E-state index is 0.187. The number of amides is 1. The predicted octanol–water partition coefficient (Wildman–Crippen LogP) is 1.42. The van der Waals surface area contributed by atoms with Crippen molar-refractivity contribution in [3.05, 3.63) is 30.1 Å². The first kappa shape index (κ1) is 16.4. The molecule has 2 heterocycles. The van der Waals surface area contributed by atoms with E-state index in [0.29, 0.717) is 39.2 Å². The Hall–Kier alpha value is -1.95. The molecule has 120 valence electrons. The SMILES string of the molecule is CCOC(=O)CCN(Cc1cccnc1)CN1CCCC1=O. The monoisotopic (exact) mass is 305 g/mol. The summed E-state index contributed by atoms with van der Waals surface area (Å²) >= 11 is 0. The third kappa shape index (κ3) is 5.11. The summed E-state index contributed by atoms with van der Waals surface area (Å²) in [4.78, 5) is 31.4. The minimum Gasteiger partial charge on any atom is -0.466 e. The van der Waals surface area contributed by atoms with Gasteiger partial charge in [-0.1, -0.05) is 6.07 Å². The van der Waals surface area contributed by atoms with Crippen molar-refractivity contribution in [2.75, 3.05) is 26.4 Å². The van der Waals surface area contributed by atoms with Crippen LogP contribution in [0, 0.1) is 0 Å². The van der Waals surface area contributed by atoms with Gasteiger partial charge < -0.3 is 9.64 Å². The van der Waals surface area contributed by atoms with E-state index in [0.717, 1.165) is 18.5 Å². The number of aromatic nitrogens is 1. The highest BCUT2D eigenvalue weighted by Crippen LogP contribution is 2.12. The van der Waals surface area contributed by atoms with Crippen LogP contribution in [-0.2, 0) is 20.9 Å². The average Bonchev–Trinajstić information content (AvgIpc) is 2.91. The zero-order valence-electron chi connectivity index (χ0n) is 13.0. The molecular formula is C16H23N3O3. The maximum atomic E-state index is 11.8. The van der Waals surface area contributed by atoms with E-state index < -0.39 is 0 Å². The highest BCUT2D eigenvalue weighted by atomic mass is 16.5. The molecule has 0 atom stereocenters. The van der Waals surface area contributed by atoms with Crippen LogP contribution in [0.5, 0.6) is 0 Å². The molecule has 0 aromatic carbocycles. The molecule has 1 aromatic heterocycles. The summed E-state index contributed by atoms with van der Waals surface area (Å²) in [6.07, 6.45) is 5.41. The number of pyridine rings is 1. The van der Waals surface area contributed by atoms with Gasteiger partial charge in [0.05, 0.1) is 19.7 Å². The summed E-state index contributed by atoms with van der Waals surface area (Å²) in [6.45, 7) is 4.77. The van der Waals surface area contributed by atoms with Gasteiger partial charge in [-0.05, 0) is 25.0 Å². The fourth-order valence-corrected chi connectivity index (χ4v) is 2.53. The maximum Gasteiger partial charge on any atom is 0.307 e. The molecular weight excluding hydrogens is 282 g/mol. The highest BCUT2D eigenvalue weighted by molar-refractivity contribution is 5.78. The molecule has 6 nitrogen and oxygen atoms in total. The molecule has 0 aliphatic carbocycles. The van der Waals surface area contributed by atoms with E-state index >= 15 is 0 Å². The molecule has 0 spiro atoms. The van der Waals surface area contributed by atoms with E-state index in [-0.39, 0.29) is 11.9 Å². The summed E-state index contributed by atoms with van der Waals surface area (Å²) in [5.74, 6) is -0.0150. The Labute approximate surface area is 131 Å². The number of carbonyl (C=O) groups is 2. The summed E-state index contributed by atoms with van der Waals surface area (Å²) in [6, 6.07) is 3.88. The van der Waals surface area contributed by atoms with Crippen LogP contribution in [-0.4, -0.2) is 53.0 Å². The largest absolute Gasteiger partial charge is 0.466 e. The number of rotatable bonds is 8. The van der Waals surface area contributed by atoms with Crippen molar-refractivity contribution in [2.24, 2.45) is 0 Å². The molecule has 1 fully saturated rings. The lowest BCUT2D eigenvalue weighted by Crippen LogP contribution is -2.39. The normalized spacial score (nSPS) is 14.6. The van der Waals surface area contributed by atoms with Crippen LogP contribution in [0.1, 0.15) is 31.7 Å². The Morgan fingerprint density at radius 3 is 3.00 bits per heavy atom. The highest BCUT2D eigenvalue weighted by Gasteiger charge is 2.22. The molecule has 0 unspecified atom stereocenters. The predicted molar refractivity (Wildman–Crippen MR) is 81.7 cm³/mol. The van der Waals surface area contributed by atoms with Crippen molar-refractivity contribution < 1.29 is 14.3 Å². The Kier molecular flexibility index (Phi) is 6.33. The molecule has 1 aliphatic rings. The van der Waals surface area contributed by atoms with E-state index in [4.69, 9.17) is 4.74 Å². The first-order valence-corrected chi connectivity index (χ1v) is 7.73. The lowest BCUT2D eigenvalue weighted by Gasteiger charge is -2.27. The van der Waals surface area contributed by atoms with Crippen LogP contribution in [0.3, 0.4) is 0 Å². The van der Waals surface area contributed by atoms with Crippen LogP contribution in [0.2, 0.25) is 0 Å². The topological polar surface area (TPSA) is 62.7 Å². The fraction of sp³-hybridized carbons (Fsp3) is 0.562. The first-order chi connectivity index (χ1) is 10.7. The second-order valence-electron chi connectivity index (χ2n) is 5.37. The number of hydrogen-bond acceptors (Lipinski definition) is 5. The van der Waals surface area contributed by atoms with Gasteiger partial charge in [0.2, 0.25) is 5.91 Å². The van der Waals surface area contributed by atoms with Gasteiger partial charge in [0.1, 0.15) is 0 Å². The summed E-state index contributed by atoms with van der Waals surface area (Å²) in [5, 5.41) is 0. The second-order valence-corrected chi connectivity index (χ2v) is 5.37. The molecule has 1 aromatic rings. The van der Waals surface area contributed by atoms with Crippen molar-refractivity contribution in [1.82, 2.24) is 14.8 Å². The molecule has 0 bridgehead atoms. The molecule has 2 rings (SSSR count). The number of ether oxygens (including phenoxy) is 1. The third-order valence-electron chi connectivity index (χ3n) is 3.61. The lowest BCUT2D eigenvalue weighted by molar-refractivity contribution is -0.143. The van der Waals surface area contributed by atoms with Gasteiger partial charge in [-0.25, -0.2) is 0 Å². The van der Waals surface area contributed by atoms with E-state index in [9.17, 15) is 9.59 Å². The van der Waals surface area contributed by atoms with Crippen molar-refractivity contribution in [3.63, 3.8) is 0 Å². The van der Waals surface area contributed by atoms with Crippen LogP contribution in [0.25, 0.3) is 0 Å². The standard InChI is InChI=1S/C16H23N3O3/c1-2-22-16(21)7-10-18(12-14-5-3-8-17-11-14)13-19-9-4-6-15(19)20/h3,5,8,11H,2,4,6-7,9-10,12-13H2,1H3. The Bertz CT molecular complexity index is 493. The molecule has 0 N–H and O–H groups in total. The summed E-state index contributed by atoms with van der Waals surface area (Å²) in [5.41, 5.74) is 1.07. The molecule has 0 saturated carbocycles. The van der Waals surface area contributed by atoms with Crippen molar-refractivity contribution >= 4 is 11.9 Å². The number of hydrogen-bond donors (Lipinski definition) is 0. The van der Waals surface area contributed by atoms with Gasteiger partial charge >= 0.3 is 5.97 Å².